The number of nitrogens with one attached hydrogen (secondary N) is 4. The van der Waals surface area contributed by atoms with Crippen LogP contribution in [0.15, 0.2) is 12.1 Å². The molecule has 1 aliphatic carbocycles. The normalized spacial score (nSPS) is 16.5. The van der Waals surface area contributed by atoms with Crippen molar-refractivity contribution < 1.29 is 63.4 Å². The Hall–Kier alpha value is -4.46. The summed E-state index contributed by atoms with van der Waals surface area (Å²) in [4.78, 5) is 72.9. The number of amides is 4. The molecule has 2 atom stereocenters. The van der Waals surface area contributed by atoms with Gasteiger partial charge in [0.1, 0.15) is 12.1 Å². The van der Waals surface area contributed by atoms with Crippen LogP contribution in [0.5, 0.6) is 11.8 Å². The van der Waals surface area contributed by atoms with Crippen LogP contribution in [0.3, 0.4) is 0 Å². The molecule has 0 spiro atoms. The Morgan fingerprint density at radius 3 is 1.83 bits per heavy atom. The summed E-state index contributed by atoms with van der Waals surface area (Å²) in [5.41, 5.74) is 5.70. The lowest BCUT2D eigenvalue weighted by atomic mass is 9.81. The predicted octanol–water partition coefficient (Wildman–Crippen LogP) is -0.184. The van der Waals surface area contributed by atoms with Gasteiger partial charge in [-0.2, -0.15) is 0 Å². The lowest BCUT2D eigenvalue weighted by Gasteiger charge is -2.27. The van der Waals surface area contributed by atoms with Crippen molar-refractivity contribution in [3.8, 4) is 11.8 Å². The van der Waals surface area contributed by atoms with E-state index in [1.54, 1.807) is 0 Å². The molecular formula is C35H58N6O13. The Bertz CT molecular complexity index is 1300. The summed E-state index contributed by atoms with van der Waals surface area (Å²) in [6.07, 6.45) is 2.93. The van der Waals surface area contributed by atoms with Crippen LogP contribution in [0.25, 0.3) is 0 Å². The molecule has 2 rings (SSSR count). The van der Waals surface area contributed by atoms with E-state index in [2.05, 4.69) is 21.3 Å². The number of aliphatic carboxylic acids is 2. The van der Waals surface area contributed by atoms with Gasteiger partial charge in [-0.3, -0.25) is 28.5 Å². The second-order valence-corrected chi connectivity index (χ2v) is 13.1. The lowest BCUT2D eigenvalue weighted by molar-refractivity contribution is -0.143. The molecule has 0 saturated heterocycles. The zero-order valence-corrected chi connectivity index (χ0v) is 30.8. The summed E-state index contributed by atoms with van der Waals surface area (Å²) in [6, 6.07) is 0.255. The van der Waals surface area contributed by atoms with Crippen LogP contribution >= 0.6 is 0 Å². The van der Waals surface area contributed by atoms with E-state index in [4.69, 9.17) is 25.1 Å². The minimum absolute atomic E-state index is 0.109. The summed E-state index contributed by atoms with van der Waals surface area (Å²) in [5.74, 6) is -4.42. The van der Waals surface area contributed by atoms with Crippen LogP contribution in [-0.2, 0) is 49.5 Å². The number of hydrogen-bond donors (Lipinski definition) is 9. The van der Waals surface area contributed by atoms with Crippen molar-refractivity contribution in [3.63, 3.8) is 0 Å². The maximum Gasteiger partial charge on any atom is 0.326 e. The summed E-state index contributed by atoms with van der Waals surface area (Å²) in [6.45, 7) is 3.40. The fourth-order valence-corrected chi connectivity index (χ4v) is 5.72. The zero-order chi connectivity index (χ0) is 39.7. The summed E-state index contributed by atoms with van der Waals surface area (Å²) in [7, 11) is 0. The monoisotopic (exact) mass is 770 g/mol. The standard InChI is InChI=1S/C35H58N6O13/c36-23-24-3-5-25(6-4-24)33(48)40-27(35(50)51)7-9-29(43)39-26(8-12-32(46)47)34(49)38-15-2-18-53-20-22-54-21-19-52-17-1-14-37-28(42)13-16-41-30(44)10-11-31(41)45/h10-11,24-27,44-45H,1-9,12-23,36H2,(H,37,42)(H,38,49)(H,39,43)(H,40,48)(H,46,47)(H,50,51). The molecule has 54 heavy (non-hydrogen) atoms. The van der Waals surface area contributed by atoms with Crippen molar-refractivity contribution in [2.45, 2.75) is 89.3 Å². The molecule has 1 aromatic heterocycles. The number of hydrogen-bond acceptors (Lipinski definition) is 12. The smallest absolute Gasteiger partial charge is 0.326 e. The Kier molecular flexibility index (Phi) is 22.3. The number of carbonyl (C=O) groups excluding carboxylic acids is 4. The number of carboxylic acid groups (broad SMARTS) is 2. The van der Waals surface area contributed by atoms with Gasteiger partial charge in [0.05, 0.1) is 26.4 Å². The third kappa shape index (κ3) is 19.0. The Labute approximate surface area is 314 Å². The summed E-state index contributed by atoms with van der Waals surface area (Å²) < 4.78 is 17.6. The molecule has 1 aliphatic rings. The quantitative estimate of drug-likeness (QED) is 0.0478. The molecule has 0 bridgehead atoms. The SMILES string of the molecule is NCC1CCC(C(=O)NC(CCC(=O)NC(CCC(=O)O)C(=O)NCCCOCCOCCOCCCNC(=O)CCn2c(O)ccc2O)C(=O)O)CC1. The fourth-order valence-electron chi connectivity index (χ4n) is 5.72. The number of rotatable bonds is 29. The highest BCUT2D eigenvalue weighted by atomic mass is 16.5. The van der Waals surface area contributed by atoms with E-state index >= 15 is 0 Å². The van der Waals surface area contributed by atoms with Crippen molar-refractivity contribution in [1.29, 1.82) is 0 Å². The molecule has 4 amide bonds. The molecule has 19 nitrogen and oxygen atoms in total. The van der Waals surface area contributed by atoms with E-state index in [0.717, 1.165) is 12.8 Å². The van der Waals surface area contributed by atoms with Gasteiger partial charge in [0.15, 0.2) is 11.8 Å². The lowest BCUT2D eigenvalue weighted by Crippen LogP contribution is -2.48. The van der Waals surface area contributed by atoms with Crippen LogP contribution in [0.4, 0.5) is 0 Å². The first-order valence-corrected chi connectivity index (χ1v) is 18.5. The van der Waals surface area contributed by atoms with Crippen molar-refractivity contribution in [1.82, 2.24) is 25.8 Å². The molecule has 1 heterocycles. The second kappa shape index (κ2) is 26.3. The van der Waals surface area contributed by atoms with Crippen molar-refractivity contribution >= 4 is 35.6 Å². The van der Waals surface area contributed by atoms with Crippen molar-refractivity contribution in [2.75, 3.05) is 59.3 Å². The first kappa shape index (κ1) is 45.7. The third-order valence-electron chi connectivity index (χ3n) is 8.92. The van der Waals surface area contributed by atoms with E-state index in [1.165, 1.54) is 16.7 Å². The number of nitrogens with two attached hydrogens (primary N) is 1. The van der Waals surface area contributed by atoms with Crippen molar-refractivity contribution in [2.24, 2.45) is 17.6 Å². The number of nitrogens with zero attached hydrogens (tertiary/aromatic N) is 1. The molecule has 10 N–H and O–H groups in total. The van der Waals surface area contributed by atoms with Gasteiger partial charge in [-0.25, -0.2) is 4.79 Å². The Morgan fingerprint density at radius 2 is 1.28 bits per heavy atom. The van der Waals surface area contributed by atoms with Gasteiger partial charge in [0.2, 0.25) is 23.6 Å². The highest BCUT2D eigenvalue weighted by Crippen LogP contribution is 2.28. The number of aromatic nitrogens is 1. The Balaban J connectivity index is 1.52. The molecule has 1 fully saturated rings. The first-order valence-electron chi connectivity index (χ1n) is 18.5. The molecule has 0 aromatic carbocycles. The zero-order valence-electron chi connectivity index (χ0n) is 30.8. The van der Waals surface area contributed by atoms with Crippen molar-refractivity contribution in [3.05, 3.63) is 12.1 Å². The van der Waals surface area contributed by atoms with Gasteiger partial charge in [-0.15, -0.1) is 0 Å². The maximum atomic E-state index is 12.8. The highest BCUT2D eigenvalue weighted by molar-refractivity contribution is 5.89. The summed E-state index contributed by atoms with van der Waals surface area (Å²) >= 11 is 0. The largest absolute Gasteiger partial charge is 0.494 e. The van der Waals surface area contributed by atoms with E-state index in [9.17, 15) is 44.1 Å². The number of carbonyl (C=O) groups is 6. The number of aromatic hydroxyl groups is 2. The van der Waals surface area contributed by atoms with Crippen LogP contribution in [0, 0.1) is 11.8 Å². The topological polar surface area (TPSA) is 290 Å². The van der Waals surface area contributed by atoms with Crippen LogP contribution in [-0.4, -0.2) is 132 Å². The molecule has 1 saturated carbocycles. The van der Waals surface area contributed by atoms with E-state index in [-0.39, 0.29) is 74.7 Å². The molecule has 2 unspecified atom stereocenters. The predicted molar refractivity (Wildman–Crippen MR) is 192 cm³/mol. The van der Waals surface area contributed by atoms with E-state index < -0.39 is 35.8 Å². The van der Waals surface area contributed by atoms with Gasteiger partial charge in [0, 0.05) is 70.2 Å². The molecule has 0 aliphatic heterocycles. The van der Waals surface area contributed by atoms with Gasteiger partial charge in [-0.05, 0) is 63.8 Å². The van der Waals surface area contributed by atoms with E-state index in [1.807, 2.05) is 0 Å². The molecular weight excluding hydrogens is 712 g/mol. The minimum Gasteiger partial charge on any atom is -0.494 e. The van der Waals surface area contributed by atoms with Gasteiger partial charge < -0.3 is 61.6 Å². The van der Waals surface area contributed by atoms with Crippen LogP contribution in [0.2, 0.25) is 0 Å². The Morgan fingerprint density at radius 1 is 0.722 bits per heavy atom. The minimum atomic E-state index is -1.29. The van der Waals surface area contributed by atoms with E-state index in [0.29, 0.717) is 84.3 Å². The second-order valence-electron chi connectivity index (χ2n) is 13.1. The molecule has 1 aromatic rings. The van der Waals surface area contributed by atoms with Crippen LogP contribution in [0.1, 0.15) is 70.6 Å². The molecule has 0 radical (unpaired) electrons. The van der Waals surface area contributed by atoms with Gasteiger partial charge in [-0.1, -0.05) is 0 Å². The van der Waals surface area contributed by atoms with Crippen LogP contribution < -0.4 is 27.0 Å². The first-order chi connectivity index (χ1) is 25.9. The number of carboxylic acids is 2. The maximum absolute atomic E-state index is 12.8. The third-order valence-corrected chi connectivity index (χ3v) is 8.92. The number of ether oxygens (including phenoxy) is 3. The average molecular weight is 771 g/mol. The average Bonchev–Trinajstić information content (AvgIpc) is 3.47. The summed E-state index contributed by atoms with van der Waals surface area (Å²) in [5, 5.41) is 48.3. The highest BCUT2D eigenvalue weighted by Gasteiger charge is 2.30. The molecule has 306 valence electrons. The van der Waals surface area contributed by atoms with Gasteiger partial charge in [0.25, 0.3) is 0 Å². The molecule has 19 heteroatoms. The van der Waals surface area contributed by atoms with Gasteiger partial charge >= 0.3 is 11.9 Å². The fraction of sp³-hybridized carbons (Fsp3) is 0.714.